The number of aromatic nitrogens is 1. The standard InChI is InChI=1S/C17H23N3O2S/c1-13(20-17(21)22-11-16-10-19-12-23-16)7-8-15(18)9-14-5-3-2-4-6-14/h2-6,10,12-13,15H,7-9,11,18H2,1H3,(H,20,21)/t13-,15+/m0/s1. The van der Waals surface area contributed by atoms with Gasteiger partial charge in [-0.15, -0.1) is 11.3 Å². The zero-order valence-corrected chi connectivity index (χ0v) is 14.1. The lowest BCUT2D eigenvalue weighted by molar-refractivity contribution is 0.136. The number of ether oxygens (including phenoxy) is 1. The molecule has 0 unspecified atom stereocenters. The first-order chi connectivity index (χ1) is 11.1. The van der Waals surface area contributed by atoms with Crippen molar-refractivity contribution < 1.29 is 9.53 Å². The minimum Gasteiger partial charge on any atom is -0.444 e. The molecule has 1 heterocycles. The Labute approximate surface area is 140 Å². The molecule has 1 aromatic carbocycles. The Morgan fingerprint density at radius 1 is 1.35 bits per heavy atom. The number of hydrogen-bond acceptors (Lipinski definition) is 5. The van der Waals surface area contributed by atoms with Crippen LogP contribution in [-0.4, -0.2) is 23.2 Å². The highest BCUT2D eigenvalue weighted by Gasteiger charge is 2.11. The third-order valence-electron chi connectivity index (χ3n) is 3.50. The molecule has 2 aromatic rings. The molecule has 0 aliphatic rings. The molecule has 124 valence electrons. The Morgan fingerprint density at radius 3 is 2.83 bits per heavy atom. The molecule has 0 aliphatic heterocycles. The molecule has 1 aromatic heterocycles. The van der Waals surface area contributed by atoms with Gasteiger partial charge in [0, 0.05) is 18.3 Å². The van der Waals surface area contributed by atoms with Crippen LogP contribution in [0.2, 0.25) is 0 Å². The summed E-state index contributed by atoms with van der Waals surface area (Å²) in [7, 11) is 0. The van der Waals surface area contributed by atoms with Crippen molar-refractivity contribution in [3.63, 3.8) is 0 Å². The van der Waals surface area contributed by atoms with Crippen LogP contribution in [0, 0.1) is 0 Å². The summed E-state index contributed by atoms with van der Waals surface area (Å²) < 4.78 is 5.15. The van der Waals surface area contributed by atoms with Gasteiger partial charge in [0.2, 0.25) is 0 Å². The first-order valence-corrected chi connectivity index (χ1v) is 8.61. The van der Waals surface area contributed by atoms with Gasteiger partial charge < -0.3 is 15.8 Å². The number of carbonyl (C=O) groups excluding carboxylic acids is 1. The molecular weight excluding hydrogens is 310 g/mol. The largest absolute Gasteiger partial charge is 0.444 e. The van der Waals surface area contributed by atoms with E-state index < -0.39 is 6.09 Å². The van der Waals surface area contributed by atoms with E-state index in [-0.39, 0.29) is 18.7 Å². The molecule has 2 atom stereocenters. The average Bonchev–Trinajstić information content (AvgIpc) is 3.05. The van der Waals surface area contributed by atoms with Crippen LogP contribution in [0.25, 0.3) is 0 Å². The van der Waals surface area contributed by atoms with Crippen molar-refractivity contribution in [2.75, 3.05) is 0 Å². The molecule has 0 saturated carbocycles. The number of nitrogens with two attached hydrogens (primary N) is 1. The van der Waals surface area contributed by atoms with Crippen molar-refractivity contribution in [1.29, 1.82) is 0 Å². The van der Waals surface area contributed by atoms with Crippen LogP contribution in [0.4, 0.5) is 4.79 Å². The van der Waals surface area contributed by atoms with E-state index in [1.807, 2.05) is 25.1 Å². The molecule has 0 aliphatic carbocycles. The summed E-state index contributed by atoms with van der Waals surface area (Å²) in [5, 5.41) is 2.83. The number of nitrogens with one attached hydrogen (secondary N) is 1. The van der Waals surface area contributed by atoms with Crippen LogP contribution in [0.15, 0.2) is 42.0 Å². The zero-order chi connectivity index (χ0) is 16.5. The van der Waals surface area contributed by atoms with Crippen molar-refractivity contribution >= 4 is 17.4 Å². The average molecular weight is 333 g/mol. The number of thiazole rings is 1. The number of carbonyl (C=O) groups is 1. The Balaban J connectivity index is 1.62. The summed E-state index contributed by atoms with van der Waals surface area (Å²) in [5.41, 5.74) is 9.11. The lowest BCUT2D eigenvalue weighted by Gasteiger charge is -2.17. The summed E-state index contributed by atoms with van der Waals surface area (Å²) in [6, 6.07) is 10.3. The minimum atomic E-state index is -0.400. The molecule has 0 bridgehead atoms. The second-order valence-corrected chi connectivity index (χ2v) is 6.59. The van der Waals surface area contributed by atoms with Crippen molar-refractivity contribution in [2.24, 2.45) is 5.73 Å². The van der Waals surface area contributed by atoms with Crippen LogP contribution in [0.5, 0.6) is 0 Å². The van der Waals surface area contributed by atoms with Gasteiger partial charge in [-0.05, 0) is 31.7 Å². The van der Waals surface area contributed by atoms with E-state index in [9.17, 15) is 4.79 Å². The molecule has 3 N–H and O–H groups in total. The quantitative estimate of drug-likeness (QED) is 0.778. The first-order valence-electron chi connectivity index (χ1n) is 7.73. The fourth-order valence-corrected chi connectivity index (χ4v) is 2.75. The fraction of sp³-hybridized carbons (Fsp3) is 0.412. The number of rotatable bonds is 8. The molecule has 23 heavy (non-hydrogen) atoms. The van der Waals surface area contributed by atoms with E-state index in [2.05, 4.69) is 22.4 Å². The number of amides is 1. The summed E-state index contributed by atoms with van der Waals surface area (Å²) in [6.45, 7) is 2.22. The lowest BCUT2D eigenvalue weighted by Crippen LogP contribution is -2.34. The molecule has 0 radical (unpaired) electrons. The third kappa shape index (κ3) is 6.80. The molecule has 0 fully saturated rings. The lowest BCUT2D eigenvalue weighted by atomic mass is 10.0. The van der Waals surface area contributed by atoms with Gasteiger partial charge in [-0.2, -0.15) is 0 Å². The second kappa shape index (κ2) is 9.27. The van der Waals surface area contributed by atoms with E-state index in [0.29, 0.717) is 0 Å². The van der Waals surface area contributed by atoms with Crippen molar-refractivity contribution in [2.45, 2.75) is 44.9 Å². The van der Waals surface area contributed by atoms with Gasteiger partial charge in [-0.3, -0.25) is 4.98 Å². The second-order valence-electron chi connectivity index (χ2n) is 5.62. The van der Waals surface area contributed by atoms with Crippen LogP contribution < -0.4 is 11.1 Å². The summed E-state index contributed by atoms with van der Waals surface area (Å²) >= 11 is 1.47. The molecule has 0 spiro atoms. The molecule has 1 amide bonds. The molecule has 5 nitrogen and oxygen atoms in total. The number of hydrogen-bond donors (Lipinski definition) is 2. The van der Waals surface area contributed by atoms with E-state index in [4.69, 9.17) is 10.5 Å². The van der Waals surface area contributed by atoms with Crippen LogP contribution >= 0.6 is 11.3 Å². The molecular formula is C17H23N3O2S. The van der Waals surface area contributed by atoms with Crippen molar-refractivity contribution in [1.82, 2.24) is 10.3 Å². The SMILES string of the molecule is C[C@@H](CC[C@@H](N)Cc1ccccc1)NC(=O)OCc1cncs1. The highest BCUT2D eigenvalue weighted by Crippen LogP contribution is 2.09. The topological polar surface area (TPSA) is 77.2 Å². The van der Waals surface area contributed by atoms with E-state index in [1.54, 1.807) is 11.7 Å². The van der Waals surface area contributed by atoms with Gasteiger partial charge >= 0.3 is 6.09 Å². The van der Waals surface area contributed by atoms with Crippen LogP contribution in [0.3, 0.4) is 0 Å². The highest BCUT2D eigenvalue weighted by atomic mass is 32.1. The Bertz CT molecular complexity index is 575. The maximum absolute atomic E-state index is 11.7. The molecule has 6 heteroatoms. The van der Waals surface area contributed by atoms with Gasteiger partial charge in [0.15, 0.2) is 0 Å². The van der Waals surface area contributed by atoms with Crippen LogP contribution in [-0.2, 0) is 17.8 Å². The highest BCUT2D eigenvalue weighted by molar-refractivity contribution is 7.09. The number of benzene rings is 1. The van der Waals surface area contributed by atoms with Gasteiger partial charge in [-0.25, -0.2) is 4.79 Å². The smallest absolute Gasteiger partial charge is 0.407 e. The summed E-state index contributed by atoms with van der Waals surface area (Å²) in [6.07, 6.45) is 3.82. The van der Waals surface area contributed by atoms with Gasteiger partial charge in [0.25, 0.3) is 0 Å². The number of alkyl carbamates (subject to hydrolysis) is 1. The number of nitrogens with zero attached hydrogens (tertiary/aromatic N) is 1. The van der Waals surface area contributed by atoms with Gasteiger partial charge in [0.1, 0.15) is 6.61 Å². The van der Waals surface area contributed by atoms with Gasteiger partial charge in [0.05, 0.1) is 10.4 Å². The Kier molecular flexibility index (Phi) is 7.03. The zero-order valence-electron chi connectivity index (χ0n) is 13.3. The van der Waals surface area contributed by atoms with E-state index in [0.717, 1.165) is 24.1 Å². The predicted octanol–water partition coefficient (Wildman–Crippen LogP) is 3.11. The predicted molar refractivity (Wildman–Crippen MR) is 92.3 cm³/mol. The monoisotopic (exact) mass is 333 g/mol. The molecule has 0 saturated heterocycles. The maximum atomic E-state index is 11.7. The molecule has 2 rings (SSSR count). The third-order valence-corrected chi connectivity index (χ3v) is 4.26. The van der Waals surface area contributed by atoms with E-state index in [1.165, 1.54) is 16.9 Å². The normalized spacial score (nSPS) is 13.3. The van der Waals surface area contributed by atoms with Gasteiger partial charge in [-0.1, -0.05) is 30.3 Å². The maximum Gasteiger partial charge on any atom is 0.407 e. The minimum absolute atomic E-state index is 0.0331. The van der Waals surface area contributed by atoms with Crippen molar-refractivity contribution in [3.8, 4) is 0 Å². The summed E-state index contributed by atoms with van der Waals surface area (Å²) in [5.74, 6) is 0. The van der Waals surface area contributed by atoms with Crippen LogP contribution in [0.1, 0.15) is 30.2 Å². The Hall–Kier alpha value is -1.92. The first kappa shape index (κ1) is 17.4. The van der Waals surface area contributed by atoms with Crippen molar-refractivity contribution in [3.05, 3.63) is 52.5 Å². The Morgan fingerprint density at radius 2 is 2.13 bits per heavy atom. The van der Waals surface area contributed by atoms with E-state index >= 15 is 0 Å². The fourth-order valence-electron chi connectivity index (χ4n) is 2.25. The summed E-state index contributed by atoms with van der Waals surface area (Å²) in [4.78, 5) is 16.6.